The van der Waals surface area contributed by atoms with E-state index in [0.717, 1.165) is 19.4 Å². The van der Waals surface area contributed by atoms with Crippen molar-refractivity contribution in [1.29, 1.82) is 0 Å². The van der Waals surface area contributed by atoms with Crippen molar-refractivity contribution in [2.24, 2.45) is 5.92 Å². The van der Waals surface area contributed by atoms with Crippen molar-refractivity contribution in [2.45, 2.75) is 32.2 Å². The minimum Gasteiger partial charge on any atom is -0.354 e. The molecule has 0 aromatic rings. The molecule has 0 fully saturated rings. The molecule has 0 heterocycles. The van der Waals surface area contributed by atoms with Crippen LogP contribution in [-0.2, 0) is 4.79 Å². The zero-order valence-electron chi connectivity index (χ0n) is 9.05. The Morgan fingerprint density at radius 3 is 2.93 bits per heavy atom. The smallest absolute Gasteiger partial charge is 0.236 e. The number of rotatable bonds is 4. The Kier molecular flexibility index (Phi) is 4.66. The summed E-state index contributed by atoms with van der Waals surface area (Å²) in [5.41, 5.74) is 0. The largest absolute Gasteiger partial charge is 0.354 e. The first-order valence-corrected chi connectivity index (χ1v) is 5.34. The predicted octanol–water partition coefficient (Wildman–Crippen LogP) is 1.07. The second-order valence-corrected chi connectivity index (χ2v) is 3.91. The van der Waals surface area contributed by atoms with Crippen LogP contribution in [0.2, 0.25) is 0 Å². The summed E-state index contributed by atoms with van der Waals surface area (Å²) in [6.45, 7) is 2.69. The first kappa shape index (κ1) is 11.2. The number of allylic oxidation sites excluding steroid dienone is 2. The standard InChI is InChI=1S/C11H20N2O/c1-9(12-2)11(14)13-8-10-6-4-3-5-7-10/h3-4,9-10,12H,5-8H2,1-2H3,(H,13,14). The van der Waals surface area contributed by atoms with E-state index in [2.05, 4.69) is 22.8 Å². The molecule has 0 radical (unpaired) electrons. The summed E-state index contributed by atoms with van der Waals surface area (Å²) in [4.78, 5) is 11.4. The molecule has 0 spiro atoms. The van der Waals surface area contributed by atoms with Gasteiger partial charge in [0, 0.05) is 6.54 Å². The minimum absolute atomic E-state index is 0.0888. The molecule has 0 aliphatic heterocycles. The number of nitrogens with one attached hydrogen (secondary N) is 2. The third-order valence-corrected chi connectivity index (χ3v) is 2.77. The fourth-order valence-electron chi connectivity index (χ4n) is 1.57. The van der Waals surface area contributed by atoms with Gasteiger partial charge in [-0.1, -0.05) is 12.2 Å². The zero-order chi connectivity index (χ0) is 10.4. The Morgan fingerprint density at radius 1 is 1.57 bits per heavy atom. The van der Waals surface area contributed by atoms with E-state index in [4.69, 9.17) is 0 Å². The van der Waals surface area contributed by atoms with Gasteiger partial charge in [-0.2, -0.15) is 0 Å². The lowest BCUT2D eigenvalue weighted by Gasteiger charge is -2.19. The van der Waals surface area contributed by atoms with Gasteiger partial charge in [0.05, 0.1) is 6.04 Å². The molecule has 0 saturated heterocycles. The first-order chi connectivity index (χ1) is 6.74. The van der Waals surface area contributed by atoms with Gasteiger partial charge in [0.2, 0.25) is 5.91 Å². The highest BCUT2D eigenvalue weighted by atomic mass is 16.2. The lowest BCUT2D eigenvalue weighted by molar-refractivity contribution is -0.122. The van der Waals surface area contributed by atoms with E-state index in [1.54, 1.807) is 7.05 Å². The number of amides is 1. The van der Waals surface area contributed by atoms with Crippen molar-refractivity contribution >= 4 is 5.91 Å². The van der Waals surface area contributed by atoms with Gasteiger partial charge >= 0.3 is 0 Å². The normalized spacial score (nSPS) is 23.1. The monoisotopic (exact) mass is 196 g/mol. The van der Waals surface area contributed by atoms with Crippen LogP contribution in [0.1, 0.15) is 26.2 Å². The van der Waals surface area contributed by atoms with Gasteiger partial charge in [-0.15, -0.1) is 0 Å². The third-order valence-electron chi connectivity index (χ3n) is 2.77. The summed E-state index contributed by atoms with van der Waals surface area (Å²) < 4.78 is 0. The molecule has 0 aromatic heterocycles. The molecule has 0 aromatic carbocycles. The molecule has 1 aliphatic rings. The van der Waals surface area contributed by atoms with Crippen molar-refractivity contribution in [3.05, 3.63) is 12.2 Å². The summed E-state index contributed by atoms with van der Waals surface area (Å²) in [5, 5.41) is 5.89. The molecule has 0 bridgehead atoms. The lowest BCUT2D eigenvalue weighted by atomic mass is 9.94. The highest BCUT2D eigenvalue weighted by Crippen LogP contribution is 2.16. The highest BCUT2D eigenvalue weighted by Gasteiger charge is 2.13. The Hall–Kier alpha value is -0.830. The van der Waals surface area contributed by atoms with Crippen LogP contribution in [0.25, 0.3) is 0 Å². The fraction of sp³-hybridized carbons (Fsp3) is 0.727. The molecule has 1 aliphatic carbocycles. The van der Waals surface area contributed by atoms with E-state index in [-0.39, 0.29) is 11.9 Å². The summed E-state index contributed by atoms with van der Waals surface area (Å²) in [7, 11) is 1.80. The van der Waals surface area contributed by atoms with E-state index in [0.29, 0.717) is 5.92 Å². The number of likely N-dealkylation sites (N-methyl/N-ethyl adjacent to an activating group) is 1. The lowest BCUT2D eigenvalue weighted by Crippen LogP contribution is -2.42. The van der Waals surface area contributed by atoms with Crippen LogP contribution in [-0.4, -0.2) is 25.5 Å². The summed E-state index contributed by atoms with van der Waals surface area (Å²) in [6, 6.07) is -0.0888. The van der Waals surface area contributed by atoms with E-state index < -0.39 is 0 Å². The molecule has 2 N–H and O–H groups in total. The Bertz CT molecular complexity index is 213. The van der Waals surface area contributed by atoms with E-state index in [1.807, 2.05) is 6.92 Å². The molecule has 3 nitrogen and oxygen atoms in total. The third kappa shape index (κ3) is 3.50. The van der Waals surface area contributed by atoms with Crippen LogP contribution in [0.3, 0.4) is 0 Å². The van der Waals surface area contributed by atoms with Crippen molar-refractivity contribution in [3.8, 4) is 0 Å². The summed E-state index contributed by atoms with van der Waals surface area (Å²) in [5.74, 6) is 0.732. The van der Waals surface area contributed by atoms with E-state index in [1.165, 1.54) is 6.42 Å². The fourth-order valence-corrected chi connectivity index (χ4v) is 1.57. The number of carbonyl (C=O) groups excluding carboxylic acids is 1. The number of hydrogen-bond donors (Lipinski definition) is 2. The van der Waals surface area contributed by atoms with Gasteiger partial charge in [0.25, 0.3) is 0 Å². The van der Waals surface area contributed by atoms with Crippen molar-refractivity contribution in [2.75, 3.05) is 13.6 Å². The molecule has 0 saturated carbocycles. The molecule has 1 rings (SSSR count). The maximum atomic E-state index is 11.4. The van der Waals surface area contributed by atoms with Gasteiger partial charge < -0.3 is 10.6 Å². The average Bonchev–Trinajstić information content (AvgIpc) is 2.26. The summed E-state index contributed by atoms with van der Waals surface area (Å²) >= 11 is 0. The molecular formula is C11H20N2O. The highest BCUT2D eigenvalue weighted by molar-refractivity contribution is 5.81. The minimum atomic E-state index is -0.0888. The summed E-state index contributed by atoms with van der Waals surface area (Å²) in [6.07, 6.45) is 7.89. The van der Waals surface area contributed by atoms with Crippen LogP contribution < -0.4 is 10.6 Å². The molecule has 2 unspecified atom stereocenters. The topological polar surface area (TPSA) is 41.1 Å². The Balaban J connectivity index is 2.19. The Labute approximate surface area is 86.0 Å². The van der Waals surface area contributed by atoms with Crippen molar-refractivity contribution < 1.29 is 4.79 Å². The van der Waals surface area contributed by atoms with Crippen molar-refractivity contribution in [1.82, 2.24) is 10.6 Å². The molecule has 80 valence electrons. The quantitative estimate of drug-likeness (QED) is 0.660. The van der Waals surface area contributed by atoms with Crippen molar-refractivity contribution in [3.63, 3.8) is 0 Å². The number of carbonyl (C=O) groups is 1. The van der Waals surface area contributed by atoms with Crippen LogP contribution >= 0.6 is 0 Å². The SMILES string of the molecule is CNC(C)C(=O)NCC1CC=CCC1. The Morgan fingerprint density at radius 2 is 2.36 bits per heavy atom. The molecule has 3 heteroatoms. The van der Waals surface area contributed by atoms with Gasteiger partial charge in [-0.05, 0) is 39.2 Å². The van der Waals surface area contributed by atoms with Gasteiger partial charge in [0.1, 0.15) is 0 Å². The van der Waals surface area contributed by atoms with Gasteiger partial charge in [-0.3, -0.25) is 4.79 Å². The molecular weight excluding hydrogens is 176 g/mol. The maximum Gasteiger partial charge on any atom is 0.236 e. The van der Waals surface area contributed by atoms with Gasteiger partial charge in [0.15, 0.2) is 0 Å². The van der Waals surface area contributed by atoms with Gasteiger partial charge in [-0.25, -0.2) is 0 Å². The predicted molar refractivity (Wildman–Crippen MR) is 58.0 cm³/mol. The zero-order valence-corrected chi connectivity index (χ0v) is 9.05. The average molecular weight is 196 g/mol. The molecule has 2 atom stereocenters. The molecule has 14 heavy (non-hydrogen) atoms. The molecule has 1 amide bonds. The van der Waals surface area contributed by atoms with Crippen LogP contribution in [0, 0.1) is 5.92 Å². The number of hydrogen-bond acceptors (Lipinski definition) is 2. The first-order valence-electron chi connectivity index (χ1n) is 5.34. The second kappa shape index (κ2) is 5.81. The van der Waals surface area contributed by atoms with Crippen LogP contribution in [0.5, 0.6) is 0 Å². The van der Waals surface area contributed by atoms with E-state index in [9.17, 15) is 4.79 Å². The van der Waals surface area contributed by atoms with Crippen LogP contribution in [0.4, 0.5) is 0 Å². The maximum absolute atomic E-state index is 11.4. The second-order valence-electron chi connectivity index (χ2n) is 3.91. The van der Waals surface area contributed by atoms with E-state index >= 15 is 0 Å². The van der Waals surface area contributed by atoms with Crippen LogP contribution in [0.15, 0.2) is 12.2 Å².